The molecule has 1 aromatic heterocycles. The molecule has 0 aromatic carbocycles. The number of methoxy groups -OCH3 is 1. The molecule has 0 aliphatic rings. The van der Waals surface area contributed by atoms with Crippen LogP contribution in [0.3, 0.4) is 0 Å². The number of hydrogen-bond donors (Lipinski definition) is 0. The molecule has 0 saturated heterocycles. The molecule has 0 aliphatic carbocycles. The second-order valence-corrected chi connectivity index (χ2v) is 4.83. The zero-order chi connectivity index (χ0) is 13.5. The second-order valence-electron chi connectivity index (χ2n) is 4.56. The molecule has 1 rings (SSSR count). The lowest BCUT2D eigenvalue weighted by Crippen LogP contribution is -2.36. The molecule has 0 aliphatic heterocycles. The van der Waals surface area contributed by atoms with Crippen LogP contribution in [-0.4, -0.2) is 31.3 Å². The van der Waals surface area contributed by atoms with Gasteiger partial charge >= 0.3 is 0 Å². The number of nitrogens with zero attached hydrogens (tertiary/aromatic N) is 2. The van der Waals surface area contributed by atoms with Crippen LogP contribution in [0.2, 0.25) is 0 Å². The predicted molar refractivity (Wildman–Crippen MR) is 77.5 cm³/mol. The van der Waals surface area contributed by atoms with Gasteiger partial charge in [0.05, 0.1) is 6.61 Å². The second kappa shape index (κ2) is 7.59. The molecule has 1 atom stereocenters. The number of alkyl halides is 1. The summed E-state index contributed by atoms with van der Waals surface area (Å²) in [5.74, 6) is 1.55. The van der Waals surface area contributed by atoms with Crippen molar-refractivity contribution in [3.8, 4) is 0 Å². The molecule has 0 fully saturated rings. The fourth-order valence-electron chi connectivity index (χ4n) is 1.94. The van der Waals surface area contributed by atoms with Gasteiger partial charge in [0.2, 0.25) is 0 Å². The lowest BCUT2D eigenvalue weighted by atomic mass is 10.1. The van der Waals surface area contributed by atoms with Crippen LogP contribution in [0.25, 0.3) is 0 Å². The lowest BCUT2D eigenvalue weighted by Gasteiger charge is -2.30. The molecule has 4 heteroatoms. The summed E-state index contributed by atoms with van der Waals surface area (Å²) in [7, 11) is 1.73. The van der Waals surface area contributed by atoms with Gasteiger partial charge in [-0.3, -0.25) is 0 Å². The average molecular weight is 271 g/mol. The Morgan fingerprint density at radius 2 is 2.22 bits per heavy atom. The average Bonchev–Trinajstić information content (AvgIpc) is 2.39. The summed E-state index contributed by atoms with van der Waals surface area (Å²) in [6, 6.07) is 2.56. The third-order valence-electron chi connectivity index (χ3n) is 3.19. The Balaban J connectivity index is 2.96. The Hall–Kier alpha value is -0.800. The van der Waals surface area contributed by atoms with Crippen LogP contribution in [-0.2, 0) is 10.6 Å². The van der Waals surface area contributed by atoms with Gasteiger partial charge in [-0.15, -0.1) is 11.6 Å². The Morgan fingerprint density at radius 1 is 1.50 bits per heavy atom. The van der Waals surface area contributed by atoms with Crippen LogP contribution < -0.4 is 4.90 Å². The van der Waals surface area contributed by atoms with Crippen LogP contribution in [0.1, 0.15) is 31.4 Å². The van der Waals surface area contributed by atoms with Crippen LogP contribution in [0.15, 0.2) is 12.3 Å². The first-order chi connectivity index (χ1) is 8.63. The van der Waals surface area contributed by atoms with Gasteiger partial charge in [0.15, 0.2) is 0 Å². The SMILES string of the molecule is CCC(C)N(CCOC)c1ncc(CCl)cc1C. The van der Waals surface area contributed by atoms with Gasteiger partial charge in [0.25, 0.3) is 0 Å². The van der Waals surface area contributed by atoms with E-state index in [2.05, 4.69) is 36.7 Å². The third-order valence-corrected chi connectivity index (χ3v) is 3.50. The highest BCUT2D eigenvalue weighted by molar-refractivity contribution is 6.17. The Labute approximate surface area is 115 Å². The molecule has 18 heavy (non-hydrogen) atoms. The molecule has 0 amide bonds. The molecule has 102 valence electrons. The van der Waals surface area contributed by atoms with Crippen LogP contribution >= 0.6 is 11.6 Å². The highest BCUT2D eigenvalue weighted by Crippen LogP contribution is 2.21. The van der Waals surface area contributed by atoms with Crippen LogP contribution in [0.5, 0.6) is 0 Å². The van der Waals surface area contributed by atoms with Crippen molar-refractivity contribution in [3.05, 3.63) is 23.4 Å². The molecule has 1 heterocycles. The molecule has 1 unspecified atom stereocenters. The van der Waals surface area contributed by atoms with Crippen molar-refractivity contribution in [2.24, 2.45) is 0 Å². The van der Waals surface area contributed by atoms with Gasteiger partial charge in [-0.2, -0.15) is 0 Å². The normalized spacial score (nSPS) is 12.5. The summed E-state index contributed by atoms with van der Waals surface area (Å²) >= 11 is 5.83. The maximum Gasteiger partial charge on any atom is 0.131 e. The minimum atomic E-state index is 0.452. The summed E-state index contributed by atoms with van der Waals surface area (Å²) in [5, 5.41) is 0. The molecule has 0 spiro atoms. The molecule has 0 saturated carbocycles. The van der Waals surface area contributed by atoms with Crippen LogP contribution in [0, 0.1) is 6.92 Å². The molecule has 0 radical (unpaired) electrons. The first-order valence-electron chi connectivity index (χ1n) is 6.41. The van der Waals surface area contributed by atoms with Crippen molar-refractivity contribution in [1.82, 2.24) is 4.98 Å². The Bertz CT molecular complexity index is 371. The summed E-state index contributed by atoms with van der Waals surface area (Å²) in [4.78, 5) is 6.86. The van der Waals surface area contributed by atoms with Gasteiger partial charge in [-0.1, -0.05) is 6.92 Å². The smallest absolute Gasteiger partial charge is 0.131 e. The van der Waals surface area contributed by atoms with E-state index >= 15 is 0 Å². The summed E-state index contributed by atoms with van der Waals surface area (Å²) < 4.78 is 5.18. The quantitative estimate of drug-likeness (QED) is 0.710. The number of rotatable bonds is 7. The van der Waals surface area contributed by atoms with E-state index in [0.717, 1.165) is 24.3 Å². The highest BCUT2D eigenvalue weighted by atomic mass is 35.5. The van der Waals surface area contributed by atoms with Crippen molar-refractivity contribution >= 4 is 17.4 Å². The lowest BCUT2D eigenvalue weighted by molar-refractivity contribution is 0.203. The number of ether oxygens (including phenoxy) is 1. The van der Waals surface area contributed by atoms with Gasteiger partial charge < -0.3 is 9.64 Å². The fraction of sp³-hybridized carbons (Fsp3) is 0.643. The monoisotopic (exact) mass is 270 g/mol. The molecule has 0 N–H and O–H groups in total. The highest BCUT2D eigenvalue weighted by Gasteiger charge is 2.16. The first-order valence-corrected chi connectivity index (χ1v) is 6.94. The van der Waals surface area contributed by atoms with Gasteiger partial charge in [0, 0.05) is 31.8 Å². The number of pyridine rings is 1. The van der Waals surface area contributed by atoms with E-state index in [1.165, 1.54) is 5.56 Å². The van der Waals surface area contributed by atoms with Crippen molar-refractivity contribution in [2.45, 2.75) is 39.1 Å². The van der Waals surface area contributed by atoms with E-state index in [1.807, 2.05) is 6.20 Å². The van der Waals surface area contributed by atoms with Crippen molar-refractivity contribution in [1.29, 1.82) is 0 Å². The van der Waals surface area contributed by atoms with Crippen LogP contribution in [0.4, 0.5) is 5.82 Å². The van der Waals surface area contributed by atoms with Crippen molar-refractivity contribution in [3.63, 3.8) is 0 Å². The van der Waals surface area contributed by atoms with E-state index in [-0.39, 0.29) is 0 Å². The van der Waals surface area contributed by atoms with Gasteiger partial charge in [-0.25, -0.2) is 4.98 Å². The predicted octanol–water partition coefficient (Wildman–Crippen LogP) is 3.38. The maximum atomic E-state index is 5.83. The zero-order valence-corrected chi connectivity index (χ0v) is 12.5. The van der Waals surface area contributed by atoms with Crippen molar-refractivity contribution in [2.75, 3.05) is 25.2 Å². The minimum absolute atomic E-state index is 0.452. The summed E-state index contributed by atoms with van der Waals surface area (Å²) in [5.41, 5.74) is 2.23. The Morgan fingerprint density at radius 3 is 2.72 bits per heavy atom. The standard InChI is InChI=1S/C14H23ClN2O/c1-5-12(3)17(6-7-18-4)14-11(2)8-13(9-15)10-16-14/h8,10,12H,5-7,9H2,1-4H3. The summed E-state index contributed by atoms with van der Waals surface area (Å²) in [6.07, 6.45) is 2.94. The minimum Gasteiger partial charge on any atom is -0.383 e. The van der Waals surface area contributed by atoms with Gasteiger partial charge in [-0.05, 0) is 37.5 Å². The fourth-order valence-corrected chi connectivity index (χ4v) is 2.09. The summed E-state index contributed by atoms with van der Waals surface area (Å²) in [6.45, 7) is 8.06. The first kappa shape index (κ1) is 15.3. The van der Waals surface area contributed by atoms with E-state index in [9.17, 15) is 0 Å². The largest absolute Gasteiger partial charge is 0.383 e. The molecular formula is C14H23ClN2O. The van der Waals surface area contributed by atoms with E-state index < -0.39 is 0 Å². The number of aryl methyl sites for hydroxylation is 1. The topological polar surface area (TPSA) is 25.4 Å². The molecular weight excluding hydrogens is 248 g/mol. The zero-order valence-electron chi connectivity index (χ0n) is 11.7. The number of hydrogen-bond acceptors (Lipinski definition) is 3. The Kier molecular flexibility index (Phi) is 6.44. The van der Waals surface area contributed by atoms with Gasteiger partial charge in [0.1, 0.15) is 5.82 Å². The van der Waals surface area contributed by atoms with E-state index in [4.69, 9.17) is 16.3 Å². The third kappa shape index (κ3) is 3.85. The van der Waals surface area contributed by atoms with Crippen molar-refractivity contribution < 1.29 is 4.74 Å². The molecule has 3 nitrogen and oxygen atoms in total. The number of aromatic nitrogens is 1. The molecule has 1 aromatic rings. The molecule has 0 bridgehead atoms. The van der Waals surface area contributed by atoms with E-state index in [1.54, 1.807) is 7.11 Å². The number of halogens is 1. The number of anilines is 1. The maximum absolute atomic E-state index is 5.83. The van der Waals surface area contributed by atoms with E-state index in [0.29, 0.717) is 18.5 Å².